The van der Waals surface area contributed by atoms with Crippen molar-refractivity contribution in [1.29, 1.82) is 0 Å². The molecular formula is C12H14ClN3O. The molecule has 0 unspecified atom stereocenters. The average Bonchev–Trinajstić information content (AvgIpc) is 2.82. The molecule has 0 fully saturated rings. The van der Waals surface area contributed by atoms with Gasteiger partial charge in [0.05, 0.1) is 5.56 Å². The fourth-order valence-electron chi connectivity index (χ4n) is 1.93. The van der Waals surface area contributed by atoms with Crippen LogP contribution in [0.25, 0.3) is 0 Å². The minimum absolute atomic E-state index is 0.192. The largest absolute Gasteiger partial charge is 0.369 e. The topological polar surface area (TPSA) is 54.9 Å². The number of aldehydes is 1. The van der Waals surface area contributed by atoms with E-state index in [1.807, 2.05) is 0 Å². The van der Waals surface area contributed by atoms with Crippen molar-refractivity contribution < 1.29 is 4.79 Å². The standard InChI is InChI=1S/C12H14ClN3O/c13-11-10(7-17)12(16-8-15-11)14-6-5-9-3-1-2-4-9/h3,7-8H,1-2,4-6H2,(H,14,15,16). The minimum Gasteiger partial charge on any atom is -0.369 e. The van der Waals surface area contributed by atoms with Crippen molar-refractivity contribution in [2.45, 2.75) is 25.7 Å². The molecule has 1 N–H and O–H groups in total. The van der Waals surface area contributed by atoms with Crippen molar-refractivity contribution in [3.8, 4) is 0 Å². The van der Waals surface area contributed by atoms with Gasteiger partial charge in [-0.15, -0.1) is 0 Å². The minimum atomic E-state index is 0.192. The molecule has 2 rings (SSSR count). The van der Waals surface area contributed by atoms with E-state index in [4.69, 9.17) is 11.6 Å². The second-order valence-electron chi connectivity index (χ2n) is 3.98. The fraction of sp³-hybridized carbons (Fsp3) is 0.417. The summed E-state index contributed by atoms with van der Waals surface area (Å²) in [5.41, 5.74) is 1.81. The monoisotopic (exact) mass is 251 g/mol. The summed E-state index contributed by atoms with van der Waals surface area (Å²) in [4.78, 5) is 18.6. The van der Waals surface area contributed by atoms with E-state index < -0.39 is 0 Å². The lowest BCUT2D eigenvalue weighted by atomic mass is 10.2. The van der Waals surface area contributed by atoms with Crippen LogP contribution in [-0.2, 0) is 0 Å². The van der Waals surface area contributed by atoms with Crippen LogP contribution in [0.15, 0.2) is 18.0 Å². The number of halogens is 1. The molecule has 0 radical (unpaired) electrons. The number of anilines is 1. The van der Waals surface area contributed by atoms with Crippen LogP contribution < -0.4 is 5.32 Å². The Kier molecular flexibility index (Phi) is 4.09. The molecular weight excluding hydrogens is 238 g/mol. The Labute approximate surface area is 105 Å². The number of nitrogens with one attached hydrogen (secondary N) is 1. The van der Waals surface area contributed by atoms with Crippen molar-refractivity contribution >= 4 is 23.7 Å². The average molecular weight is 252 g/mol. The highest BCUT2D eigenvalue weighted by atomic mass is 35.5. The molecule has 0 saturated heterocycles. The van der Waals surface area contributed by atoms with Gasteiger partial charge in [-0.2, -0.15) is 0 Å². The molecule has 0 saturated carbocycles. The summed E-state index contributed by atoms with van der Waals surface area (Å²) in [6.07, 6.45) is 8.94. The van der Waals surface area contributed by atoms with E-state index in [-0.39, 0.29) is 5.15 Å². The molecule has 0 amide bonds. The maximum absolute atomic E-state index is 10.9. The Morgan fingerprint density at radius 1 is 1.47 bits per heavy atom. The number of nitrogens with zero attached hydrogens (tertiary/aromatic N) is 2. The molecule has 1 aromatic heterocycles. The van der Waals surface area contributed by atoms with Gasteiger partial charge in [0.15, 0.2) is 6.29 Å². The molecule has 1 heterocycles. The van der Waals surface area contributed by atoms with Crippen molar-refractivity contribution in [3.63, 3.8) is 0 Å². The Morgan fingerprint density at radius 3 is 3.06 bits per heavy atom. The number of hydrogen-bond donors (Lipinski definition) is 1. The molecule has 0 aliphatic heterocycles. The molecule has 1 aliphatic carbocycles. The first kappa shape index (κ1) is 12.0. The maximum Gasteiger partial charge on any atom is 0.156 e. The van der Waals surface area contributed by atoms with E-state index in [2.05, 4.69) is 21.4 Å². The lowest BCUT2D eigenvalue weighted by Crippen LogP contribution is -2.07. The van der Waals surface area contributed by atoms with Crippen LogP contribution in [0.5, 0.6) is 0 Å². The predicted octanol–water partition coefficient (Wildman–Crippen LogP) is 2.85. The normalized spacial score (nSPS) is 14.5. The number of carbonyl (C=O) groups is 1. The van der Waals surface area contributed by atoms with Crippen LogP contribution in [0.2, 0.25) is 5.15 Å². The third-order valence-electron chi connectivity index (χ3n) is 2.83. The maximum atomic E-state index is 10.9. The summed E-state index contributed by atoms with van der Waals surface area (Å²) >= 11 is 5.80. The van der Waals surface area contributed by atoms with Gasteiger partial charge in [0.2, 0.25) is 0 Å². The zero-order valence-corrected chi connectivity index (χ0v) is 10.2. The van der Waals surface area contributed by atoms with Crippen LogP contribution in [-0.4, -0.2) is 22.8 Å². The van der Waals surface area contributed by atoms with E-state index in [9.17, 15) is 4.79 Å². The van der Waals surface area contributed by atoms with Gasteiger partial charge in [-0.1, -0.05) is 23.3 Å². The Balaban J connectivity index is 1.94. The van der Waals surface area contributed by atoms with E-state index in [1.54, 1.807) is 0 Å². The summed E-state index contributed by atoms with van der Waals surface area (Å²) < 4.78 is 0. The van der Waals surface area contributed by atoms with Crippen LogP contribution in [0.4, 0.5) is 5.82 Å². The number of aromatic nitrogens is 2. The lowest BCUT2D eigenvalue weighted by molar-refractivity contribution is 0.112. The lowest BCUT2D eigenvalue weighted by Gasteiger charge is -2.08. The molecule has 1 aliphatic rings. The molecule has 90 valence electrons. The van der Waals surface area contributed by atoms with Gasteiger partial charge in [-0.25, -0.2) is 9.97 Å². The third kappa shape index (κ3) is 3.03. The van der Waals surface area contributed by atoms with E-state index >= 15 is 0 Å². The smallest absolute Gasteiger partial charge is 0.156 e. The SMILES string of the molecule is O=Cc1c(Cl)ncnc1NCCC1=CCCC1. The van der Waals surface area contributed by atoms with E-state index in [0.29, 0.717) is 17.7 Å². The zero-order chi connectivity index (χ0) is 12.1. The molecule has 0 spiro atoms. The third-order valence-corrected chi connectivity index (χ3v) is 3.13. The zero-order valence-electron chi connectivity index (χ0n) is 9.45. The highest BCUT2D eigenvalue weighted by molar-refractivity contribution is 6.32. The molecule has 5 heteroatoms. The number of carbonyl (C=O) groups excluding carboxylic acids is 1. The van der Waals surface area contributed by atoms with Gasteiger partial charge in [-0.05, 0) is 25.7 Å². The first-order chi connectivity index (χ1) is 8.31. The first-order valence-corrected chi connectivity index (χ1v) is 6.06. The highest BCUT2D eigenvalue weighted by Crippen LogP contribution is 2.21. The molecule has 17 heavy (non-hydrogen) atoms. The number of allylic oxidation sites excluding steroid dienone is 1. The Bertz CT molecular complexity index is 445. The highest BCUT2D eigenvalue weighted by Gasteiger charge is 2.09. The summed E-state index contributed by atoms with van der Waals surface area (Å²) in [5, 5.41) is 3.32. The van der Waals surface area contributed by atoms with Crippen molar-refractivity contribution in [1.82, 2.24) is 9.97 Å². The van der Waals surface area contributed by atoms with Crippen molar-refractivity contribution in [2.24, 2.45) is 0 Å². The molecule has 0 bridgehead atoms. The van der Waals surface area contributed by atoms with Gasteiger partial charge in [0.1, 0.15) is 17.3 Å². The van der Waals surface area contributed by atoms with Crippen LogP contribution in [0.3, 0.4) is 0 Å². The number of hydrogen-bond acceptors (Lipinski definition) is 4. The Morgan fingerprint density at radius 2 is 2.35 bits per heavy atom. The van der Waals surface area contributed by atoms with Gasteiger partial charge < -0.3 is 5.32 Å². The summed E-state index contributed by atoms with van der Waals surface area (Å²) in [7, 11) is 0. The summed E-state index contributed by atoms with van der Waals surface area (Å²) in [6.45, 7) is 0.764. The fourth-order valence-corrected chi connectivity index (χ4v) is 2.10. The van der Waals surface area contributed by atoms with Crippen LogP contribution in [0.1, 0.15) is 36.0 Å². The first-order valence-electron chi connectivity index (χ1n) is 5.68. The van der Waals surface area contributed by atoms with Gasteiger partial charge in [0.25, 0.3) is 0 Å². The van der Waals surface area contributed by atoms with Gasteiger partial charge >= 0.3 is 0 Å². The summed E-state index contributed by atoms with van der Waals surface area (Å²) in [6, 6.07) is 0. The Hall–Kier alpha value is -1.42. The van der Waals surface area contributed by atoms with Gasteiger partial charge in [0, 0.05) is 6.54 Å². The molecule has 4 nitrogen and oxygen atoms in total. The number of rotatable bonds is 5. The molecule has 1 aromatic rings. The van der Waals surface area contributed by atoms with Crippen molar-refractivity contribution in [3.05, 3.63) is 28.7 Å². The second kappa shape index (κ2) is 5.77. The molecule has 0 aromatic carbocycles. The summed E-state index contributed by atoms with van der Waals surface area (Å²) in [5.74, 6) is 0.513. The van der Waals surface area contributed by atoms with E-state index in [1.165, 1.54) is 31.2 Å². The second-order valence-corrected chi connectivity index (χ2v) is 4.33. The van der Waals surface area contributed by atoms with Crippen LogP contribution >= 0.6 is 11.6 Å². The predicted molar refractivity (Wildman–Crippen MR) is 67.5 cm³/mol. The van der Waals surface area contributed by atoms with E-state index in [0.717, 1.165) is 13.0 Å². The molecule has 0 atom stereocenters. The van der Waals surface area contributed by atoms with Gasteiger partial charge in [-0.3, -0.25) is 4.79 Å². The quantitative estimate of drug-likeness (QED) is 0.497. The van der Waals surface area contributed by atoms with Crippen LogP contribution in [0, 0.1) is 0 Å². The van der Waals surface area contributed by atoms with Crippen molar-refractivity contribution in [2.75, 3.05) is 11.9 Å².